The van der Waals surface area contributed by atoms with Crippen LogP contribution in [-0.4, -0.2) is 74.5 Å². The van der Waals surface area contributed by atoms with Crippen LogP contribution in [0, 0.1) is 0 Å². The minimum atomic E-state index is -1.18. The van der Waals surface area contributed by atoms with Crippen LogP contribution in [0.3, 0.4) is 0 Å². The molecule has 0 aliphatic carbocycles. The molecule has 172 valence electrons. The zero-order valence-electron chi connectivity index (χ0n) is 17.7. The lowest BCUT2D eigenvalue weighted by Crippen LogP contribution is -2.71. The standard InChI is InChI=1S/C19H23N5O6S2/c1-19(2)5-4-10(30-19)8-6-31-16-12(15(26)24(16)13(8)17(27)28)22-14(25)11(23-29-3)9-7-32-18(20)21-9/h7,10,12,16H,4-6H2,1-3H3,(H2,20,21)(H,22,25)(H,27,28)/b23-11-/t10-,12+,16+/m0/s1. The van der Waals surface area contributed by atoms with Crippen molar-refractivity contribution in [2.24, 2.45) is 5.16 Å². The van der Waals surface area contributed by atoms with Crippen molar-refractivity contribution < 1.29 is 29.1 Å². The Bertz CT molecular complexity index is 1040. The molecule has 0 radical (unpaired) electrons. The van der Waals surface area contributed by atoms with Crippen molar-refractivity contribution in [1.82, 2.24) is 15.2 Å². The Kier molecular flexibility index (Phi) is 5.90. The van der Waals surface area contributed by atoms with Gasteiger partial charge in [0.15, 0.2) is 10.8 Å². The number of β-lactam (4-membered cyclic amide) rings is 1. The van der Waals surface area contributed by atoms with Crippen molar-refractivity contribution in [3.8, 4) is 0 Å². The fourth-order valence-corrected chi connectivity index (χ4v) is 5.97. The van der Waals surface area contributed by atoms with Gasteiger partial charge < -0.3 is 25.7 Å². The number of amides is 2. The lowest BCUT2D eigenvalue weighted by molar-refractivity contribution is -0.150. The third-order valence-electron chi connectivity index (χ3n) is 5.51. The van der Waals surface area contributed by atoms with Crippen molar-refractivity contribution in [3.05, 3.63) is 22.3 Å². The number of carboxylic acids is 1. The van der Waals surface area contributed by atoms with E-state index < -0.39 is 29.2 Å². The van der Waals surface area contributed by atoms with E-state index in [2.05, 4.69) is 15.5 Å². The van der Waals surface area contributed by atoms with E-state index in [9.17, 15) is 19.5 Å². The zero-order valence-corrected chi connectivity index (χ0v) is 19.3. The molecule has 4 N–H and O–H groups in total. The number of aliphatic carboxylic acids is 1. The molecule has 13 heteroatoms. The summed E-state index contributed by atoms with van der Waals surface area (Å²) in [5.74, 6) is -1.96. The Morgan fingerprint density at radius 2 is 2.22 bits per heavy atom. The van der Waals surface area contributed by atoms with Crippen LogP contribution in [0.5, 0.6) is 0 Å². The summed E-state index contributed by atoms with van der Waals surface area (Å²) in [6, 6.07) is -0.901. The molecule has 2 amide bonds. The summed E-state index contributed by atoms with van der Waals surface area (Å²) >= 11 is 2.53. The van der Waals surface area contributed by atoms with Gasteiger partial charge >= 0.3 is 5.97 Å². The quantitative estimate of drug-likeness (QED) is 0.303. The first-order chi connectivity index (χ1) is 15.1. The van der Waals surface area contributed by atoms with E-state index in [4.69, 9.17) is 15.3 Å². The van der Waals surface area contributed by atoms with Crippen molar-refractivity contribution in [1.29, 1.82) is 0 Å². The van der Waals surface area contributed by atoms with E-state index in [1.54, 1.807) is 5.38 Å². The number of nitrogens with zero attached hydrogens (tertiary/aromatic N) is 3. The minimum Gasteiger partial charge on any atom is -0.477 e. The number of carbonyl (C=O) groups excluding carboxylic acids is 2. The van der Waals surface area contributed by atoms with Crippen LogP contribution in [0.1, 0.15) is 32.4 Å². The molecule has 32 heavy (non-hydrogen) atoms. The topological polar surface area (TPSA) is 156 Å². The molecule has 1 aromatic rings. The molecule has 0 bridgehead atoms. The zero-order chi connectivity index (χ0) is 23.2. The molecular formula is C19H23N5O6S2. The third kappa shape index (κ3) is 3.95. The van der Waals surface area contributed by atoms with Gasteiger partial charge in [0.1, 0.15) is 29.9 Å². The third-order valence-corrected chi connectivity index (χ3v) is 7.48. The summed E-state index contributed by atoms with van der Waals surface area (Å²) in [5.41, 5.74) is 5.94. The van der Waals surface area contributed by atoms with Crippen molar-refractivity contribution in [2.45, 2.75) is 49.8 Å². The Balaban J connectivity index is 1.53. The maximum atomic E-state index is 12.9. The van der Waals surface area contributed by atoms with E-state index in [1.165, 1.54) is 23.8 Å². The maximum Gasteiger partial charge on any atom is 0.352 e. The molecule has 0 saturated carbocycles. The molecule has 0 unspecified atom stereocenters. The first-order valence-corrected chi connectivity index (χ1v) is 11.8. The molecule has 4 rings (SSSR count). The lowest BCUT2D eigenvalue weighted by atomic mass is 9.98. The van der Waals surface area contributed by atoms with Crippen LogP contribution in [0.4, 0.5) is 5.13 Å². The smallest absolute Gasteiger partial charge is 0.352 e. The highest BCUT2D eigenvalue weighted by Gasteiger charge is 2.55. The summed E-state index contributed by atoms with van der Waals surface area (Å²) in [6.45, 7) is 3.92. The highest BCUT2D eigenvalue weighted by atomic mass is 32.2. The largest absolute Gasteiger partial charge is 0.477 e. The number of thiazole rings is 1. The Morgan fingerprint density at radius 1 is 1.47 bits per heavy atom. The van der Waals surface area contributed by atoms with Gasteiger partial charge in [-0.05, 0) is 32.3 Å². The van der Waals surface area contributed by atoms with Gasteiger partial charge in [0.05, 0.1) is 11.7 Å². The predicted octanol–water partition coefficient (Wildman–Crippen LogP) is 0.772. The van der Waals surface area contributed by atoms with Gasteiger partial charge in [-0.1, -0.05) is 5.16 Å². The summed E-state index contributed by atoms with van der Waals surface area (Å²) in [5, 5.41) is 17.5. The first-order valence-electron chi connectivity index (χ1n) is 9.85. The SMILES string of the molecule is CO/N=C(\C(=O)N[C@@H]1C(=O)N2C(C(=O)O)=C([C@@H]3CCC(C)(C)O3)CS[C@H]12)c1csc(N)n1. The number of ether oxygens (including phenoxy) is 1. The summed E-state index contributed by atoms with van der Waals surface area (Å²) < 4.78 is 6.02. The summed E-state index contributed by atoms with van der Waals surface area (Å²) in [6.07, 6.45) is 1.15. The second-order valence-corrected chi connectivity index (χ2v) is 10.1. The number of rotatable bonds is 6. The number of anilines is 1. The number of hydrogen-bond donors (Lipinski definition) is 3. The number of thioether (sulfide) groups is 1. The van der Waals surface area contributed by atoms with Crippen LogP contribution in [0.25, 0.3) is 0 Å². The molecule has 2 fully saturated rings. The normalized spacial score (nSPS) is 27.1. The van der Waals surface area contributed by atoms with Gasteiger partial charge in [0.2, 0.25) is 0 Å². The monoisotopic (exact) mass is 481 g/mol. The van der Waals surface area contributed by atoms with Crippen molar-refractivity contribution >= 4 is 51.7 Å². The molecule has 11 nitrogen and oxygen atoms in total. The highest BCUT2D eigenvalue weighted by Crippen LogP contribution is 2.44. The molecule has 3 aliphatic heterocycles. The van der Waals surface area contributed by atoms with Gasteiger partial charge in [-0.3, -0.25) is 14.5 Å². The number of carbonyl (C=O) groups is 3. The van der Waals surface area contributed by atoms with Gasteiger partial charge in [-0.15, -0.1) is 23.1 Å². The van der Waals surface area contributed by atoms with Crippen LogP contribution in [0.15, 0.2) is 21.8 Å². The van der Waals surface area contributed by atoms with E-state index in [1.807, 2.05) is 13.8 Å². The number of carboxylic acid groups (broad SMARTS) is 1. The second-order valence-electron chi connectivity index (χ2n) is 8.14. The molecule has 0 spiro atoms. The Morgan fingerprint density at radius 3 is 2.78 bits per heavy atom. The molecule has 2 saturated heterocycles. The van der Waals surface area contributed by atoms with Crippen molar-refractivity contribution in [3.63, 3.8) is 0 Å². The number of hydrogen-bond acceptors (Lipinski definition) is 10. The van der Waals surface area contributed by atoms with Crippen LogP contribution in [0.2, 0.25) is 0 Å². The molecule has 0 aromatic carbocycles. The molecule has 3 aliphatic rings. The Labute approximate surface area is 192 Å². The van der Waals surface area contributed by atoms with Crippen LogP contribution < -0.4 is 11.1 Å². The maximum absolute atomic E-state index is 12.9. The molecule has 4 heterocycles. The van der Waals surface area contributed by atoms with Gasteiger partial charge in [-0.2, -0.15) is 0 Å². The van der Waals surface area contributed by atoms with Gasteiger partial charge in [0, 0.05) is 11.1 Å². The molecular weight excluding hydrogens is 458 g/mol. The van der Waals surface area contributed by atoms with Gasteiger partial charge in [-0.25, -0.2) is 9.78 Å². The fourth-order valence-electron chi connectivity index (χ4n) is 4.02. The van der Waals surface area contributed by atoms with Crippen LogP contribution >= 0.6 is 23.1 Å². The number of aromatic nitrogens is 1. The lowest BCUT2D eigenvalue weighted by Gasteiger charge is -2.50. The minimum absolute atomic E-state index is 0.0509. The molecule has 1 aromatic heterocycles. The van der Waals surface area contributed by atoms with E-state index in [-0.39, 0.29) is 33.9 Å². The number of fused-ring (bicyclic) bond motifs is 1. The van der Waals surface area contributed by atoms with E-state index >= 15 is 0 Å². The van der Waals surface area contributed by atoms with Crippen LogP contribution in [-0.2, 0) is 24.0 Å². The first kappa shape index (κ1) is 22.6. The average Bonchev–Trinajstić information content (AvgIpc) is 3.33. The Hall–Kier alpha value is -2.64. The second kappa shape index (κ2) is 8.37. The molecule has 3 atom stereocenters. The number of nitrogen functional groups attached to an aromatic ring is 1. The number of nitrogens with two attached hydrogens (primary N) is 1. The van der Waals surface area contributed by atoms with Gasteiger partial charge in [0.25, 0.3) is 11.8 Å². The number of oxime groups is 1. The van der Waals surface area contributed by atoms with E-state index in [0.717, 1.165) is 17.8 Å². The van der Waals surface area contributed by atoms with E-state index in [0.29, 0.717) is 17.7 Å². The summed E-state index contributed by atoms with van der Waals surface area (Å²) in [7, 11) is 1.29. The summed E-state index contributed by atoms with van der Waals surface area (Å²) in [4.78, 5) is 47.8. The highest BCUT2D eigenvalue weighted by molar-refractivity contribution is 8.00. The fraction of sp³-hybridized carbons (Fsp3) is 0.526. The predicted molar refractivity (Wildman–Crippen MR) is 118 cm³/mol. The average molecular weight is 482 g/mol. The van der Waals surface area contributed by atoms with Crippen molar-refractivity contribution in [2.75, 3.05) is 18.6 Å². The number of nitrogens with one attached hydrogen (secondary N) is 1.